The first-order valence-electron chi connectivity index (χ1n) is 6.93. The Hall–Kier alpha value is -1.78. The fourth-order valence-electron chi connectivity index (χ4n) is 2.49. The van der Waals surface area contributed by atoms with E-state index in [4.69, 9.17) is 5.84 Å². The van der Waals surface area contributed by atoms with Crippen LogP contribution in [0.15, 0.2) is 24.3 Å². The molecular formula is C16H22N4. The second-order valence-corrected chi connectivity index (χ2v) is 5.13. The standard InChI is InChI=1S/C16H22N4/c1-5-15-14(9-11(3)19-20-15)16(18-17)13-8-6-7-10(2)12(13)4/h6-9,16,18H,5,17H2,1-4H3. The summed E-state index contributed by atoms with van der Waals surface area (Å²) in [6.45, 7) is 8.28. The number of rotatable bonds is 4. The smallest absolute Gasteiger partial charge is 0.0731 e. The zero-order chi connectivity index (χ0) is 14.7. The SMILES string of the molecule is CCc1nnc(C)cc1C(NN)c1cccc(C)c1C. The summed E-state index contributed by atoms with van der Waals surface area (Å²) in [5.74, 6) is 5.83. The molecule has 20 heavy (non-hydrogen) atoms. The van der Waals surface area contributed by atoms with Gasteiger partial charge in [-0.1, -0.05) is 25.1 Å². The first-order valence-corrected chi connectivity index (χ1v) is 6.93. The van der Waals surface area contributed by atoms with Crippen LogP contribution in [0, 0.1) is 20.8 Å². The summed E-state index contributed by atoms with van der Waals surface area (Å²) < 4.78 is 0. The van der Waals surface area contributed by atoms with Gasteiger partial charge in [-0.15, -0.1) is 0 Å². The number of nitrogens with zero attached hydrogens (tertiary/aromatic N) is 2. The number of aromatic nitrogens is 2. The lowest BCUT2D eigenvalue weighted by molar-refractivity contribution is 0.618. The van der Waals surface area contributed by atoms with Crippen LogP contribution in [0.3, 0.4) is 0 Å². The zero-order valence-electron chi connectivity index (χ0n) is 12.6. The molecule has 0 aliphatic rings. The van der Waals surface area contributed by atoms with Gasteiger partial charge in [0.25, 0.3) is 0 Å². The van der Waals surface area contributed by atoms with Crippen molar-refractivity contribution >= 4 is 0 Å². The summed E-state index contributed by atoms with van der Waals surface area (Å²) in [6, 6.07) is 8.30. The highest BCUT2D eigenvalue weighted by Gasteiger charge is 2.19. The van der Waals surface area contributed by atoms with Crippen molar-refractivity contribution in [2.45, 2.75) is 40.2 Å². The molecule has 0 saturated carbocycles. The lowest BCUT2D eigenvalue weighted by Gasteiger charge is -2.22. The fraction of sp³-hybridized carbons (Fsp3) is 0.375. The van der Waals surface area contributed by atoms with E-state index in [1.165, 1.54) is 16.7 Å². The van der Waals surface area contributed by atoms with E-state index in [1.807, 2.05) is 6.92 Å². The van der Waals surface area contributed by atoms with E-state index in [9.17, 15) is 0 Å². The molecule has 1 unspecified atom stereocenters. The lowest BCUT2D eigenvalue weighted by atomic mass is 9.92. The Bertz CT molecular complexity index is 607. The summed E-state index contributed by atoms with van der Waals surface area (Å²) in [5, 5.41) is 8.44. The van der Waals surface area contributed by atoms with Gasteiger partial charge in [-0.25, -0.2) is 5.43 Å². The van der Waals surface area contributed by atoms with Crippen LogP contribution >= 0.6 is 0 Å². The monoisotopic (exact) mass is 270 g/mol. The first-order chi connectivity index (χ1) is 9.58. The minimum absolute atomic E-state index is 0.0564. The van der Waals surface area contributed by atoms with Gasteiger partial charge < -0.3 is 0 Å². The molecule has 0 radical (unpaired) electrons. The Kier molecular flexibility index (Phi) is 4.47. The molecule has 1 aromatic carbocycles. The number of hydrogen-bond donors (Lipinski definition) is 2. The molecule has 4 nitrogen and oxygen atoms in total. The van der Waals surface area contributed by atoms with E-state index in [-0.39, 0.29) is 6.04 Å². The van der Waals surface area contributed by atoms with Crippen LogP contribution in [0.5, 0.6) is 0 Å². The van der Waals surface area contributed by atoms with Crippen LogP contribution in [0.4, 0.5) is 0 Å². The Balaban J connectivity index is 2.58. The summed E-state index contributed by atoms with van der Waals surface area (Å²) in [4.78, 5) is 0. The van der Waals surface area contributed by atoms with Gasteiger partial charge in [0.05, 0.1) is 17.4 Å². The maximum atomic E-state index is 5.83. The number of nitrogens with two attached hydrogens (primary N) is 1. The van der Waals surface area contributed by atoms with E-state index in [1.54, 1.807) is 0 Å². The molecule has 0 aliphatic carbocycles. The highest BCUT2D eigenvalue weighted by Crippen LogP contribution is 2.27. The van der Waals surface area contributed by atoms with E-state index < -0.39 is 0 Å². The minimum Gasteiger partial charge on any atom is -0.271 e. The number of nitrogens with one attached hydrogen (secondary N) is 1. The van der Waals surface area contributed by atoms with Crippen molar-refractivity contribution in [1.82, 2.24) is 15.6 Å². The molecule has 0 amide bonds. The predicted molar refractivity (Wildman–Crippen MR) is 81.2 cm³/mol. The second kappa shape index (κ2) is 6.11. The van der Waals surface area contributed by atoms with Crippen LogP contribution in [0.2, 0.25) is 0 Å². The Morgan fingerprint density at radius 1 is 1.15 bits per heavy atom. The summed E-state index contributed by atoms with van der Waals surface area (Å²) in [6.07, 6.45) is 0.839. The first kappa shape index (κ1) is 14.6. The largest absolute Gasteiger partial charge is 0.271 e. The summed E-state index contributed by atoms with van der Waals surface area (Å²) >= 11 is 0. The van der Waals surface area contributed by atoms with E-state index in [2.05, 4.69) is 60.7 Å². The van der Waals surface area contributed by atoms with Gasteiger partial charge >= 0.3 is 0 Å². The Morgan fingerprint density at radius 2 is 1.90 bits per heavy atom. The third-order valence-corrected chi connectivity index (χ3v) is 3.80. The van der Waals surface area contributed by atoms with Crippen molar-refractivity contribution in [1.29, 1.82) is 0 Å². The number of hydrogen-bond acceptors (Lipinski definition) is 4. The maximum absolute atomic E-state index is 5.83. The zero-order valence-corrected chi connectivity index (χ0v) is 12.6. The summed E-state index contributed by atoms with van der Waals surface area (Å²) in [5.41, 5.74) is 9.64. The molecule has 4 heteroatoms. The van der Waals surface area contributed by atoms with E-state index in [0.717, 1.165) is 23.4 Å². The van der Waals surface area contributed by atoms with Gasteiger partial charge in [0.2, 0.25) is 0 Å². The van der Waals surface area contributed by atoms with E-state index in [0.29, 0.717) is 0 Å². The van der Waals surface area contributed by atoms with Crippen LogP contribution < -0.4 is 11.3 Å². The average Bonchev–Trinajstić information content (AvgIpc) is 2.44. The van der Waals surface area contributed by atoms with Gasteiger partial charge in [-0.3, -0.25) is 5.84 Å². The van der Waals surface area contributed by atoms with Gasteiger partial charge in [0.15, 0.2) is 0 Å². The molecule has 1 atom stereocenters. The summed E-state index contributed by atoms with van der Waals surface area (Å²) in [7, 11) is 0. The van der Waals surface area contributed by atoms with Crippen molar-refractivity contribution < 1.29 is 0 Å². The molecule has 2 rings (SSSR count). The maximum Gasteiger partial charge on any atom is 0.0731 e. The van der Waals surface area contributed by atoms with Crippen LogP contribution in [-0.4, -0.2) is 10.2 Å². The van der Waals surface area contributed by atoms with Crippen molar-refractivity contribution in [2.75, 3.05) is 0 Å². The van der Waals surface area contributed by atoms with Crippen molar-refractivity contribution in [3.8, 4) is 0 Å². The van der Waals surface area contributed by atoms with Crippen molar-refractivity contribution in [2.24, 2.45) is 5.84 Å². The second-order valence-electron chi connectivity index (χ2n) is 5.13. The van der Waals surface area contributed by atoms with Crippen molar-refractivity contribution in [3.05, 3.63) is 57.9 Å². The lowest BCUT2D eigenvalue weighted by Crippen LogP contribution is -2.30. The molecule has 1 heterocycles. The predicted octanol–water partition coefficient (Wildman–Crippen LogP) is 2.52. The van der Waals surface area contributed by atoms with Crippen LogP contribution in [-0.2, 0) is 6.42 Å². The molecule has 0 fully saturated rings. The molecular weight excluding hydrogens is 248 g/mol. The molecule has 0 saturated heterocycles. The normalized spacial score (nSPS) is 12.4. The van der Waals surface area contributed by atoms with Gasteiger partial charge in [-0.05, 0) is 49.9 Å². The molecule has 3 N–H and O–H groups in total. The fourth-order valence-corrected chi connectivity index (χ4v) is 2.49. The third kappa shape index (κ3) is 2.71. The van der Waals surface area contributed by atoms with Crippen LogP contribution in [0.1, 0.15) is 46.6 Å². The van der Waals surface area contributed by atoms with Crippen LogP contribution in [0.25, 0.3) is 0 Å². The highest BCUT2D eigenvalue weighted by molar-refractivity contribution is 5.41. The highest BCUT2D eigenvalue weighted by atomic mass is 15.2. The Labute approximate surface area is 120 Å². The average molecular weight is 270 g/mol. The van der Waals surface area contributed by atoms with E-state index >= 15 is 0 Å². The van der Waals surface area contributed by atoms with Gasteiger partial charge in [0.1, 0.15) is 0 Å². The number of benzene rings is 1. The molecule has 0 aliphatic heterocycles. The minimum atomic E-state index is -0.0564. The van der Waals surface area contributed by atoms with Gasteiger partial charge in [-0.2, -0.15) is 10.2 Å². The third-order valence-electron chi connectivity index (χ3n) is 3.80. The van der Waals surface area contributed by atoms with Crippen molar-refractivity contribution in [3.63, 3.8) is 0 Å². The van der Waals surface area contributed by atoms with Gasteiger partial charge in [0, 0.05) is 5.56 Å². The Morgan fingerprint density at radius 3 is 2.55 bits per heavy atom. The molecule has 106 valence electrons. The number of hydrazine groups is 1. The topological polar surface area (TPSA) is 63.8 Å². The molecule has 0 bridgehead atoms. The molecule has 1 aromatic heterocycles. The number of aryl methyl sites for hydroxylation is 3. The molecule has 2 aromatic rings. The quantitative estimate of drug-likeness (QED) is 0.662. The molecule has 0 spiro atoms.